The molecular weight excluding hydrogens is 345 g/mol. The van der Waals surface area contributed by atoms with Crippen LogP contribution >= 0.6 is 23.2 Å². The van der Waals surface area contributed by atoms with Crippen LogP contribution in [0.2, 0.25) is 10.0 Å². The van der Waals surface area contributed by atoms with Gasteiger partial charge in [0, 0.05) is 28.7 Å². The molecule has 1 aromatic carbocycles. The van der Waals surface area contributed by atoms with Crippen LogP contribution in [0, 0.1) is 5.92 Å². The molecule has 3 heterocycles. The lowest BCUT2D eigenvalue weighted by molar-refractivity contribution is 0.435. The van der Waals surface area contributed by atoms with Gasteiger partial charge < -0.3 is 4.90 Å². The van der Waals surface area contributed by atoms with E-state index in [0.29, 0.717) is 21.5 Å². The van der Waals surface area contributed by atoms with E-state index in [0.717, 1.165) is 30.4 Å². The molecule has 0 aliphatic carbocycles. The zero-order chi connectivity index (χ0) is 16.7. The van der Waals surface area contributed by atoms with Crippen molar-refractivity contribution in [2.75, 3.05) is 18.0 Å². The molecule has 0 spiro atoms. The van der Waals surface area contributed by atoms with Crippen LogP contribution in [0.4, 0.5) is 5.82 Å². The van der Waals surface area contributed by atoms with E-state index in [4.69, 9.17) is 28.3 Å². The Morgan fingerprint density at radius 1 is 1.00 bits per heavy atom. The van der Waals surface area contributed by atoms with E-state index in [1.165, 1.54) is 12.8 Å². The Morgan fingerprint density at radius 2 is 1.71 bits per heavy atom. The van der Waals surface area contributed by atoms with Gasteiger partial charge in [-0.05, 0) is 49.1 Å². The van der Waals surface area contributed by atoms with Gasteiger partial charge in [0.05, 0.1) is 0 Å². The molecule has 5 nitrogen and oxygen atoms in total. The topological polar surface area (TPSA) is 46.3 Å². The second kappa shape index (κ2) is 6.22. The Morgan fingerprint density at radius 3 is 2.42 bits per heavy atom. The summed E-state index contributed by atoms with van der Waals surface area (Å²) in [5, 5.41) is 14.3. The van der Waals surface area contributed by atoms with Crippen LogP contribution in [0.25, 0.3) is 17.0 Å². The third kappa shape index (κ3) is 2.94. The van der Waals surface area contributed by atoms with Gasteiger partial charge in [0.1, 0.15) is 5.82 Å². The average molecular weight is 362 g/mol. The first-order chi connectivity index (χ1) is 11.6. The Hall–Kier alpha value is -1.85. The second-order valence-corrected chi connectivity index (χ2v) is 7.19. The minimum absolute atomic E-state index is 0.565. The van der Waals surface area contributed by atoms with Crippen molar-refractivity contribution in [2.45, 2.75) is 19.8 Å². The summed E-state index contributed by atoms with van der Waals surface area (Å²) in [5.74, 6) is 2.37. The maximum Gasteiger partial charge on any atom is 0.185 e. The van der Waals surface area contributed by atoms with Crippen LogP contribution in [0.5, 0.6) is 0 Å². The summed E-state index contributed by atoms with van der Waals surface area (Å²) >= 11 is 12.2. The van der Waals surface area contributed by atoms with Crippen molar-refractivity contribution >= 4 is 34.7 Å². The molecular formula is C17H17Cl2N5. The highest BCUT2D eigenvalue weighted by Crippen LogP contribution is 2.27. The molecule has 1 aliphatic heterocycles. The van der Waals surface area contributed by atoms with E-state index in [9.17, 15) is 0 Å². The number of rotatable bonds is 2. The molecule has 2 aromatic heterocycles. The van der Waals surface area contributed by atoms with Crippen molar-refractivity contribution in [1.82, 2.24) is 19.8 Å². The van der Waals surface area contributed by atoms with Crippen molar-refractivity contribution in [3.8, 4) is 11.4 Å². The van der Waals surface area contributed by atoms with Gasteiger partial charge in [-0.1, -0.05) is 30.1 Å². The third-order valence-electron chi connectivity index (χ3n) is 4.48. The molecule has 24 heavy (non-hydrogen) atoms. The molecule has 7 heteroatoms. The van der Waals surface area contributed by atoms with E-state index in [1.807, 2.05) is 24.3 Å². The minimum Gasteiger partial charge on any atom is -0.355 e. The summed E-state index contributed by atoms with van der Waals surface area (Å²) in [6.07, 6.45) is 2.39. The molecule has 0 radical (unpaired) electrons. The Balaban J connectivity index is 1.76. The van der Waals surface area contributed by atoms with Crippen LogP contribution in [0.1, 0.15) is 19.8 Å². The van der Waals surface area contributed by atoms with Gasteiger partial charge >= 0.3 is 0 Å². The van der Waals surface area contributed by atoms with Crippen molar-refractivity contribution in [1.29, 1.82) is 0 Å². The second-order valence-electron chi connectivity index (χ2n) is 6.31. The molecule has 0 unspecified atom stereocenters. The van der Waals surface area contributed by atoms with Crippen molar-refractivity contribution < 1.29 is 0 Å². The molecule has 0 atom stereocenters. The van der Waals surface area contributed by atoms with Gasteiger partial charge in [-0.2, -0.15) is 4.52 Å². The maximum absolute atomic E-state index is 6.11. The Bertz CT molecular complexity index is 864. The summed E-state index contributed by atoms with van der Waals surface area (Å²) in [7, 11) is 0. The first-order valence-electron chi connectivity index (χ1n) is 8.04. The normalized spacial score (nSPS) is 16.0. The van der Waals surface area contributed by atoms with Crippen molar-refractivity contribution in [3.63, 3.8) is 0 Å². The Kier molecular flexibility index (Phi) is 4.06. The zero-order valence-electron chi connectivity index (χ0n) is 13.3. The fourth-order valence-electron chi connectivity index (χ4n) is 3.05. The SMILES string of the molecule is CC1CCN(c2ccc3nnc(-c4cc(Cl)cc(Cl)c4)n3n2)CC1. The van der Waals surface area contributed by atoms with Gasteiger partial charge in [-0.25, -0.2) is 0 Å². The number of hydrogen-bond acceptors (Lipinski definition) is 4. The average Bonchev–Trinajstić information content (AvgIpc) is 2.97. The molecule has 1 saturated heterocycles. The van der Waals surface area contributed by atoms with E-state index in [2.05, 4.69) is 22.0 Å². The molecule has 0 N–H and O–H groups in total. The van der Waals surface area contributed by atoms with Gasteiger partial charge in [0.15, 0.2) is 11.5 Å². The number of aromatic nitrogens is 4. The van der Waals surface area contributed by atoms with Gasteiger partial charge in [-0.3, -0.25) is 0 Å². The number of benzene rings is 1. The summed E-state index contributed by atoms with van der Waals surface area (Å²) in [4.78, 5) is 2.31. The van der Waals surface area contributed by atoms with Crippen LogP contribution < -0.4 is 4.90 Å². The lowest BCUT2D eigenvalue weighted by atomic mass is 9.99. The van der Waals surface area contributed by atoms with Crippen LogP contribution in [0.3, 0.4) is 0 Å². The number of fused-ring (bicyclic) bond motifs is 1. The smallest absolute Gasteiger partial charge is 0.185 e. The lowest BCUT2D eigenvalue weighted by Crippen LogP contribution is -2.33. The van der Waals surface area contributed by atoms with Crippen LogP contribution in [0.15, 0.2) is 30.3 Å². The van der Waals surface area contributed by atoms with E-state index < -0.39 is 0 Å². The predicted octanol–water partition coefficient (Wildman–Crippen LogP) is 4.33. The number of anilines is 1. The fraction of sp³-hybridized carbons (Fsp3) is 0.353. The third-order valence-corrected chi connectivity index (χ3v) is 4.91. The van der Waals surface area contributed by atoms with Gasteiger partial charge in [0.25, 0.3) is 0 Å². The number of hydrogen-bond donors (Lipinski definition) is 0. The van der Waals surface area contributed by atoms with E-state index in [1.54, 1.807) is 10.6 Å². The molecule has 0 saturated carbocycles. The summed E-state index contributed by atoms with van der Waals surface area (Å²) < 4.78 is 1.76. The van der Waals surface area contributed by atoms with Gasteiger partial charge in [-0.15, -0.1) is 15.3 Å². The van der Waals surface area contributed by atoms with Crippen molar-refractivity contribution in [2.24, 2.45) is 5.92 Å². The number of halogens is 2. The molecule has 0 bridgehead atoms. The number of nitrogens with zero attached hydrogens (tertiary/aromatic N) is 5. The fourth-order valence-corrected chi connectivity index (χ4v) is 3.57. The first kappa shape index (κ1) is 15.7. The maximum atomic E-state index is 6.11. The van der Waals surface area contributed by atoms with E-state index >= 15 is 0 Å². The zero-order valence-corrected chi connectivity index (χ0v) is 14.8. The summed E-state index contributed by atoms with van der Waals surface area (Å²) in [6, 6.07) is 9.29. The standard InChI is InChI=1S/C17H17Cl2N5/c1-11-4-6-23(7-5-11)16-3-2-15-20-21-17(24(15)22-16)12-8-13(18)10-14(19)9-12/h2-3,8-11H,4-7H2,1H3. The van der Waals surface area contributed by atoms with Crippen LogP contribution in [-0.2, 0) is 0 Å². The summed E-state index contributed by atoms with van der Waals surface area (Å²) in [6.45, 7) is 4.36. The van der Waals surface area contributed by atoms with E-state index in [-0.39, 0.29) is 0 Å². The van der Waals surface area contributed by atoms with Crippen LogP contribution in [-0.4, -0.2) is 32.9 Å². The minimum atomic E-state index is 0.565. The highest BCUT2D eigenvalue weighted by molar-refractivity contribution is 6.35. The molecule has 0 amide bonds. The largest absolute Gasteiger partial charge is 0.355 e. The molecule has 4 rings (SSSR count). The molecule has 3 aromatic rings. The van der Waals surface area contributed by atoms with Gasteiger partial charge in [0.2, 0.25) is 0 Å². The molecule has 1 fully saturated rings. The first-order valence-corrected chi connectivity index (χ1v) is 8.79. The number of piperidine rings is 1. The van der Waals surface area contributed by atoms with Crippen molar-refractivity contribution in [3.05, 3.63) is 40.4 Å². The lowest BCUT2D eigenvalue weighted by Gasteiger charge is -2.30. The molecule has 1 aliphatic rings. The quantitative estimate of drug-likeness (QED) is 0.681. The molecule has 124 valence electrons. The summed E-state index contributed by atoms with van der Waals surface area (Å²) in [5.41, 5.74) is 1.51. The highest BCUT2D eigenvalue weighted by Gasteiger charge is 2.18. The monoisotopic (exact) mass is 361 g/mol. The Labute approximate surface area is 150 Å². The highest BCUT2D eigenvalue weighted by atomic mass is 35.5. The predicted molar refractivity (Wildman–Crippen MR) is 96.8 cm³/mol.